The number of imidazole rings is 1. The lowest BCUT2D eigenvalue weighted by Crippen LogP contribution is -2.16. The Balaban J connectivity index is 2.06. The third-order valence-electron chi connectivity index (χ3n) is 2.91. The highest BCUT2D eigenvalue weighted by Gasteiger charge is 2.09. The second-order valence-corrected chi connectivity index (χ2v) is 4.24. The summed E-state index contributed by atoms with van der Waals surface area (Å²) in [5.74, 6) is 0.0926. The van der Waals surface area contributed by atoms with Gasteiger partial charge in [0.25, 0.3) is 0 Å². The summed E-state index contributed by atoms with van der Waals surface area (Å²) in [6, 6.07) is 3.97. The number of aryl methyl sites for hydroxylation is 2. The van der Waals surface area contributed by atoms with Crippen molar-refractivity contribution in [2.75, 3.05) is 0 Å². The predicted molar refractivity (Wildman–Crippen MR) is 64.5 cm³/mol. The Morgan fingerprint density at radius 1 is 1.39 bits per heavy atom. The first kappa shape index (κ1) is 10.8. The maximum Gasteiger partial charge on any atom is 0.441 e. The van der Waals surface area contributed by atoms with E-state index in [1.165, 1.54) is 4.57 Å². The van der Waals surface area contributed by atoms with E-state index in [0.717, 1.165) is 16.9 Å². The zero-order valence-electron chi connectivity index (χ0n) is 10.1. The van der Waals surface area contributed by atoms with Gasteiger partial charge in [-0.15, -0.1) is 0 Å². The molecule has 3 rings (SSSR count). The third kappa shape index (κ3) is 1.62. The van der Waals surface area contributed by atoms with Crippen molar-refractivity contribution in [3.8, 4) is 0 Å². The van der Waals surface area contributed by atoms with E-state index in [1.54, 1.807) is 6.92 Å². The summed E-state index contributed by atoms with van der Waals surface area (Å²) < 4.78 is 7.99. The fraction of sp³-hybridized carbons (Fsp3) is 0.250. The highest BCUT2D eigenvalue weighted by molar-refractivity contribution is 5.47. The van der Waals surface area contributed by atoms with Crippen molar-refractivity contribution in [3.05, 3.63) is 52.2 Å². The van der Waals surface area contributed by atoms with Crippen molar-refractivity contribution in [1.82, 2.24) is 19.1 Å². The van der Waals surface area contributed by atoms with Crippen molar-refractivity contribution in [2.45, 2.75) is 20.4 Å². The summed E-state index contributed by atoms with van der Waals surface area (Å²) in [6.45, 7) is 4.10. The van der Waals surface area contributed by atoms with Gasteiger partial charge in [-0.25, -0.2) is 9.78 Å². The Morgan fingerprint density at radius 3 is 2.89 bits per heavy atom. The number of hydrogen-bond acceptors (Lipinski definition) is 4. The molecule has 0 aromatic carbocycles. The maximum absolute atomic E-state index is 11.4. The maximum atomic E-state index is 11.4. The monoisotopic (exact) mass is 244 g/mol. The molecule has 0 unspecified atom stereocenters. The minimum absolute atomic E-state index is 0.370. The molecule has 0 saturated carbocycles. The van der Waals surface area contributed by atoms with Gasteiger partial charge in [-0.1, -0.05) is 11.2 Å². The smallest absolute Gasteiger partial charge is 0.307 e. The van der Waals surface area contributed by atoms with Crippen LogP contribution in [-0.4, -0.2) is 19.1 Å². The van der Waals surface area contributed by atoms with E-state index in [0.29, 0.717) is 12.4 Å². The zero-order chi connectivity index (χ0) is 12.7. The molecule has 18 heavy (non-hydrogen) atoms. The van der Waals surface area contributed by atoms with Gasteiger partial charge in [0.05, 0.1) is 12.2 Å². The molecule has 6 heteroatoms. The molecule has 3 aromatic heterocycles. The summed E-state index contributed by atoms with van der Waals surface area (Å²) in [5, 5.41) is 3.62. The van der Waals surface area contributed by atoms with Crippen LogP contribution >= 0.6 is 0 Å². The molecule has 92 valence electrons. The molecule has 0 aliphatic heterocycles. The Kier molecular flexibility index (Phi) is 2.29. The topological polar surface area (TPSA) is 65.3 Å². The average molecular weight is 244 g/mol. The van der Waals surface area contributed by atoms with Crippen LogP contribution in [0, 0.1) is 13.8 Å². The van der Waals surface area contributed by atoms with Crippen molar-refractivity contribution in [3.63, 3.8) is 0 Å². The van der Waals surface area contributed by atoms with Gasteiger partial charge in [0.2, 0.25) is 0 Å². The van der Waals surface area contributed by atoms with Crippen LogP contribution in [0.4, 0.5) is 0 Å². The summed E-state index contributed by atoms with van der Waals surface area (Å²) >= 11 is 0. The first-order chi connectivity index (χ1) is 8.65. The minimum atomic E-state index is -0.457. The van der Waals surface area contributed by atoms with Crippen molar-refractivity contribution in [1.29, 1.82) is 0 Å². The number of aromatic nitrogens is 4. The van der Waals surface area contributed by atoms with Crippen LogP contribution in [0.3, 0.4) is 0 Å². The first-order valence-electron chi connectivity index (χ1n) is 5.61. The van der Waals surface area contributed by atoms with Crippen LogP contribution in [0.2, 0.25) is 0 Å². The average Bonchev–Trinajstić information content (AvgIpc) is 2.89. The molecule has 0 saturated heterocycles. The van der Waals surface area contributed by atoms with E-state index in [9.17, 15) is 4.79 Å². The third-order valence-corrected chi connectivity index (χ3v) is 2.91. The lowest BCUT2D eigenvalue weighted by molar-refractivity contribution is 0.375. The molecule has 3 heterocycles. The van der Waals surface area contributed by atoms with Crippen LogP contribution < -0.4 is 5.76 Å². The summed E-state index contributed by atoms with van der Waals surface area (Å²) in [4.78, 5) is 15.9. The van der Waals surface area contributed by atoms with E-state index in [1.807, 2.05) is 35.9 Å². The lowest BCUT2D eigenvalue weighted by Gasteiger charge is -1.96. The first-order valence-corrected chi connectivity index (χ1v) is 5.61. The van der Waals surface area contributed by atoms with E-state index in [4.69, 9.17) is 0 Å². The molecule has 0 fully saturated rings. The number of fused-ring (bicyclic) bond motifs is 1. The second kappa shape index (κ2) is 3.83. The number of hydrogen-bond donors (Lipinski definition) is 0. The molecule has 3 aromatic rings. The number of nitrogens with zero attached hydrogens (tertiary/aromatic N) is 4. The summed E-state index contributed by atoms with van der Waals surface area (Å²) in [7, 11) is 0. The Morgan fingerprint density at radius 2 is 2.22 bits per heavy atom. The molecule has 6 nitrogen and oxygen atoms in total. The Bertz CT molecular complexity index is 766. The normalized spacial score (nSPS) is 11.2. The molecule has 0 amide bonds. The quantitative estimate of drug-likeness (QED) is 0.678. The molecule has 0 radical (unpaired) electrons. The van der Waals surface area contributed by atoms with E-state index in [-0.39, 0.29) is 0 Å². The number of pyridine rings is 1. The van der Waals surface area contributed by atoms with Crippen molar-refractivity contribution >= 4 is 5.65 Å². The molecule has 0 bridgehead atoms. The second-order valence-electron chi connectivity index (χ2n) is 4.24. The predicted octanol–water partition coefficient (Wildman–Crippen LogP) is 1.15. The van der Waals surface area contributed by atoms with Gasteiger partial charge in [0.15, 0.2) is 5.82 Å². The van der Waals surface area contributed by atoms with Gasteiger partial charge in [-0.3, -0.25) is 9.09 Å². The molecule has 0 spiro atoms. The molecular formula is C12H12N4O2. The molecule has 0 aliphatic carbocycles. The number of rotatable bonds is 2. The zero-order valence-corrected chi connectivity index (χ0v) is 10.1. The van der Waals surface area contributed by atoms with Gasteiger partial charge < -0.3 is 4.40 Å². The molecule has 0 N–H and O–H groups in total. The van der Waals surface area contributed by atoms with Crippen molar-refractivity contribution < 1.29 is 4.52 Å². The summed E-state index contributed by atoms with van der Waals surface area (Å²) in [5.41, 5.74) is 2.80. The Labute approximate surface area is 102 Å². The van der Waals surface area contributed by atoms with Gasteiger partial charge in [0.1, 0.15) is 5.65 Å². The standard InChI is InChI=1S/C12H12N4O2/c1-8-4-3-5-15-6-10(13-11(8)15)7-16-9(2)14-18-12(16)17/h3-6H,7H2,1-2H3. The molecule has 0 aliphatic rings. The highest BCUT2D eigenvalue weighted by atomic mass is 16.5. The van der Waals surface area contributed by atoms with Crippen LogP contribution in [0.1, 0.15) is 17.1 Å². The minimum Gasteiger partial charge on any atom is -0.307 e. The molecule has 0 atom stereocenters. The Hall–Kier alpha value is -2.37. The largest absolute Gasteiger partial charge is 0.441 e. The van der Waals surface area contributed by atoms with Gasteiger partial charge in [0, 0.05) is 12.4 Å². The summed E-state index contributed by atoms with van der Waals surface area (Å²) in [6.07, 6.45) is 3.84. The van der Waals surface area contributed by atoms with Crippen LogP contribution in [0.15, 0.2) is 33.8 Å². The van der Waals surface area contributed by atoms with E-state index < -0.39 is 5.76 Å². The fourth-order valence-electron chi connectivity index (χ4n) is 1.96. The molecular weight excluding hydrogens is 232 g/mol. The van der Waals surface area contributed by atoms with Gasteiger partial charge in [-0.2, -0.15) is 0 Å². The van der Waals surface area contributed by atoms with Crippen molar-refractivity contribution in [2.24, 2.45) is 0 Å². The van der Waals surface area contributed by atoms with Gasteiger partial charge >= 0.3 is 5.76 Å². The van der Waals surface area contributed by atoms with E-state index in [2.05, 4.69) is 14.7 Å². The van der Waals surface area contributed by atoms with Gasteiger partial charge in [-0.05, 0) is 25.5 Å². The van der Waals surface area contributed by atoms with E-state index >= 15 is 0 Å². The van der Waals surface area contributed by atoms with Crippen LogP contribution in [-0.2, 0) is 6.54 Å². The lowest BCUT2D eigenvalue weighted by atomic mass is 10.3. The van der Waals surface area contributed by atoms with Crippen LogP contribution in [0.5, 0.6) is 0 Å². The SMILES string of the molecule is Cc1cccn2cc(Cn3c(C)noc3=O)nc12. The highest BCUT2D eigenvalue weighted by Crippen LogP contribution is 2.10. The fourth-order valence-corrected chi connectivity index (χ4v) is 1.96. The van der Waals surface area contributed by atoms with Crippen LogP contribution in [0.25, 0.3) is 5.65 Å².